The lowest BCUT2D eigenvalue weighted by Gasteiger charge is -2.19. The van der Waals surface area contributed by atoms with Crippen LogP contribution in [0, 0.1) is 0 Å². The van der Waals surface area contributed by atoms with Gasteiger partial charge in [0, 0.05) is 18.4 Å². The predicted molar refractivity (Wildman–Crippen MR) is 73.9 cm³/mol. The minimum Gasteiger partial charge on any atom is -0.464 e. The summed E-state index contributed by atoms with van der Waals surface area (Å²) in [4.78, 5) is 34.1. The van der Waals surface area contributed by atoms with Crippen LogP contribution in [0.4, 0.5) is 0 Å². The monoisotopic (exact) mass is 294 g/mol. The summed E-state index contributed by atoms with van der Waals surface area (Å²) in [7, 11) is 0. The number of hydrogen-bond acceptors (Lipinski definition) is 6. The van der Waals surface area contributed by atoms with Crippen LogP contribution >= 0.6 is 25.3 Å². The highest BCUT2D eigenvalue weighted by molar-refractivity contribution is 7.80. The molecule has 0 fully saturated rings. The maximum Gasteiger partial charge on any atom is 0.329 e. The molecule has 0 saturated carbocycles. The van der Waals surface area contributed by atoms with E-state index in [4.69, 9.17) is 4.74 Å². The van der Waals surface area contributed by atoms with Gasteiger partial charge in [-0.2, -0.15) is 25.3 Å². The Balaban J connectivity index is 4.48. The molecular weight excluding hydrogens is 276 g/mol. The summed E-state index contributed by atoms with van der Waals surface area (Å²) in [5, 5.41) is 4.88. The van der Waals surface area contributed by atoms with Crippen molar-refractivity contribution in [3.8, 4) is 0 Å². The van der Waals surface area contributed by atoms with Gasteiger partial charge in [0.05, 0.1) is 6.61 Å². The van der Waals surface area contributed by atoms with Gasteiger partial charge in [-0.05, 0) is 6.92 Å². The maximum atomic E-state index is 11.8. The molecule has 0 aliphatic rings. The lowest BCUT2D eigenvalue weighted by molar-refractivity contribution is -0.146. The molecule has 0 bridgehead atoms. The Labute approximate surface area is 117 Å². The van der Waals surface area contributed by atoms with E-state index in [1.165, 1.54) is 6.92 Å². The van der Waals surface area contributed by atoms with Gasteiger partial charge in [0.2, 0.25) is 11.8 Å². The zero-order valence-corrected chi connectivity index (χ0v) is 12.1. The first-order valence-electron chi connectivity index (χ1n) is 5.42. The number of esters is 1. The van der Waals surface area contributed by atoms with Crippen LogP contribution in [0.25, 0.3) is 0 Å². The number of nitrogens with one attached hydrogen (secondary N) is 2. The molecule has 0 aliphatic heterocycles. The van der Waals surface area contributed by atoms with Gasteiger partial charge in [-0.3, -0.25) is 9.59 Å². The summed E-state index contributed by atoms with van der Waals surface area (Å²) >= 11 is 7.93. The fourth-order valence-corrected chi connectivity index (χ4v) is 1.63. The van der Waals surface area contributed by atoms with Crippen molar-refractivity contribution in [1.29, 1.82) is 0 Å². The predicted octanol–water partition coefficient (Wildman–Crippen LogP) is -0.601. The molecule has 0 radical (unpaired) electrons. The average molecular weight is 294 g/mol. The maximum absolute atomic E-state index is 11.8. The van der Waals surface area contributed by atoms with Gasteiger partial charge < -0.3 is 15.4 Å². The van der Waals surface area contributed by atoms with Gasteiger partial charge in [0.15, 0.2) is 0 Å². The fourth-order valence-electron chi connectivity index (χ4n) is 1.13. The molecule has 0 aliphatic carbocycles. The van der Waals surface area contributed by atoms with E-state index in [0.29, 0.717) is 0 Å². The highest BCUT2D eigenvalue weighted by Gasteiger charge is 2.25. The highest BCUT2D eigenvalue weighted by Crippen LogP contribution is 1.96. The lowest BCUT2D eigenvalue weighted by atomic mass is 10.2. The Morgan fingerprint density at radius 2 is 1.67 bits per heavy atom. The molecule has 0 aromatic heterocycles. The van der Waals surface area contributed by atoms with Crippen LogP contribution < -0.4 is 10.6 Å². The number of rotatable bonds is 7. The summed E-state index contributed by atoms with van der Waals surface area (Å²) < 4.78 is 4.78. The molecule has 0 heterocycles. The molecule has 2 N–H and O–H groups in total. The van der Waals surface area contributed by atoms with Gasteiger partial charge in [-0.15, -0.1) is 0 Å². The number of ether oxygens (including phenoxy) is 1. The Morgan fingerprint density at radius 1 is 1.11 bits per heavy atom. The van der Waals surface area contributed by atoms with Crippen LogP contribution in [0.1, 0.15) is 13.8 Å². The van der Waals surface area contributed by atoms with Crippen molar-refractivity contribution in [2.24, 2.45) is 0 Å². The third-order valence-electron chi connectivity index (χ3n) is 1.95. The molecule has 0 aromatic carbocycles. The standard InChI is InChI=1S/C10H18N2O4S2/c1-3-16-10(15)8(5-18)12-9(14)7(4-17)11-6(2)13/h7-8,17-18H,3-5H2,1-2H3,(H,11,13)(H,12,14)/t7-,8-/m0/s1. The SMILES string of the molecule is CCOC(=O)[C@H](CS)NC(=O)[C@H](CS)NC(C)=O. The van der Waals surface area contributed by atoms with Crippen LogP contribution in [0.3, 0.4) is 0 Å². The van der Waals surface area contributed by atoms with E-state index >= 15 is 0 Å². The largest absolute Gasteiger partial charge is 0.464 e. The van der Waals surface area contributed by atoms with E-state index in [1.807, 2.05) is 0 Å². The number of carbonyl (C=O) groups is 3. The first-order chi connectivity index (χ1) is 8.46. The Morgan fingerprint density at radius 3 is 2.06 bits per heavy atom. The van der Waals surface area contributed by atoms with Gasteiger partial charge in [0.25, 0.3) is 0 Å². The van der Waals surface area contributed by atoms with Crippen LogP contribution in [0.2, 0.25) is 0 Å². The molecule has 0 rings (SSSR count). The normalized spacial score (nSPS) is 13.3. The Bertz CT molecular complexity index is 312. The average Bonchev–Trinajstić information content (AvgIpc) is 2.32. The van der Waals surface area contributed by atoms with E-state index in [0.717, 1.165) is 0 Å². The summed E-state index contributed by atoms with van der Waals surface area (Å²) in [6.07, 6.45) is 0. The molecule has 0 saturated heterocycles. The van der Waals surface area contributed by atoms with Crippen LogP contribution in [-0.4, -0.2) is 48.0 Å². The number of hydrogen-bond donors (Lipinski definition) is 4. The van der Waals surface area contributed by atoms with Gasteiger partial charge in [-0.25, -0.2) is 4.79 Å². The van der Waals surface area contributed by atoms with E-state index in [1.54, 1.807) is 6.92 Å². The first kappa shape index (κ1) is 17.1. The minimum atomic E-state index is -0.836. The van der Waals surface area contributed by atoms with Gasteiger partial charge in [0.1, 0.15) is 12.1 Å². The van der Waals surface area contributed by atoms with E-state index < -0.39 is 24.0 Å². The van der Waals surface area contributed by atoms with Crippen molar-refractivity contribution in [1.82, 2.24) is 10.6 Å². The summed E-state index contributed by atoms with van der Waals surface area (Å²) in [6.45, 7) is 3.19. The fraction of sp³-hybridized carbons (Fsp3) is 0.700. The zero-order chi connectivity index (χ0) is 14.1. The first-order valence-corrected chi connectivity index (χ1v) is 6.68. The molecule has 2 amide bonds. The second-order valence-electron chi connectivity index (χ2n) is 3.43. The minimum absolute atomic E-state index is 0.115. The van der Waals surface area contributed by atoms with Crippen LogP contribution in [-0.2, 0) is 19.1 Å². The molecule has 0 spiro atoms. The topological polar surface area (TPSA) is 84.5 Å². The molecule has 0 unspecified atom stereocenters. The lowest BCUT2D eigenvalue weighted by Crippen LogP contribution is -2.53. The Kier molecular flexibility index (Phi) is 8.65. The zero-order valence-electron chi connectivity index (χ0n) is 10.3. The molecule has 8 heteroatoms. The van der Waals surface area contributed by atoms with E-state index in [9.17, 15) is 14.4 Å². The summed E-state index contributed by atoms with van der Waals surface area (Å²) in [5.41, 5.74) is 0. The molecule has 2 atom stereocenters. The molecule has 0 aromatic rings. The van der Waals surface area contributed by atoms with E-state index in [-0.39, 0.29) is 24.0 Å². The van der Waals surface area contributed by atoms with Crippen molar-refractivity contribution < 1.29 is 19.1 Å². The summed E-state index contributed by atoms with van der Waals surface area (Å²) in [6, 6.07) is -1.63. The second kappa shape index (κ2) is 9.09. The third kappa shape index (κ3) is 6.15. The van der Waals surface area contributed by atoms with Crippen molar-refractivity contribution in [2.75, 3.05) is 18.1 Å². The molecule has 6 nitrogen and oxygen atoms in total. The van der Waals surface area contributed by atoms with Crippen molar-refractivity contribution in [2.45, 2.75) is 25.9 Å². The number of amides is 2. The van der Waals surface area contributed by atoms with Crippen molar-refractivity contribution >= 4 is 43.0 Å². The van der Waals surface area contributed by atoms with Crippen LogP contribution in [0.5, 0.6) is 0 Å². The summed E-state index contributed by atoms with van der Waals surface area (Å²) in [5.74, 6) is -1.14. The smallest absolute Gasteiger partial charge is 0.329 e. The Hall–Kier alpha value is -0.890. The van der Waals surface area contributed by atoms with E-state index in [2.05, 4.69) is 35.9 Å². The third-order valence-corrected chi connectivity index (χ3v) is 2.68. The quantitative estimate of drug-likeness (QED) is 0.373. The van der Waals surface area contributed by atoms with Gasteiger partial charge in [-0.1, -0.05) is 0 Å². The molecular formula is C10H18N2O4S2. The number of carbonyl (C=O) groups excluding carboxylic acids is 3. The molecule has 18 heavy (non-hydrogen) atoms. The highest BCUT2D eigenvalue weighted by atomic mass is 32.1. The van der Waals surface area contributed by atoms with Gasteiger partial charge >= 0.3 is 5.97 Å². The molecule has 104 valence electrons. The van der Waals surface area contributed by atoms with Crippen molar-refractivity contribution in [3.05, 3.63) is 0 Å². The van der Waals surface area contributed by atoms with Crippen molar-refractivity contribution in [3.63, 3.8) is 0 Å². The van der Waals surface area contributed by atoms with Crippen LogP contribution in [0.15, 0.2) is 0 Å². The second-order valence-corrected chi connectivity index (χ2v) is 4.16. The number of thiol groups is 2.